The van der Waals surface area contributed by atoms with Crippen LogP contribution in [0.2, 0.25) is 0 Å². The molecule has 0 saturated carbocycles. The summed E-state index contributed by atoms with van der Waals surface area (Å²) in [5, 5.41) is 21.1. The van der Waals surface area contributed by atoms with E-state index in [-0.39, 0.29) is 17.3 Å². The van der Waals surface area contributed by atoms with Crippen molar-refractivity contribution in [2.24, 2.45) is 0 Å². The number of non-ortho nitro benzene ring substituents is 1. The number of hydrogen-bond donors (Lipinski definition) is 3. The fourth-order valence-electron chi connectivity index (χ4n) is 4.42. The van der Waals surface area contributed by atoms with Crippen molar-refractivity contribution in [2.75, 3.05) is 10.6 Å². The van der Waals surface area contributed by atoms with Crippen LogP contribution in [0, 0.1) is 10.1 Å². The first-order valence-electron chi connectivity index (χ1n) is 14.0. The Morgan fingerprint density at radius 1 is 0.756 bits per heavy atom. The van der Waals surface area contributed by atoms with Crippen molar-refractivity contribution in [3.05, 3.63) is 148 Å². The van der Waals surface area contributed by atoms with Gasteiger partial charge in [-0.05, 0) is 83.9 Å². The molecule has 0 aliphatic heterocycles. The van der Waals surface area contributed by atoms with Crippen LogP contribution in [0.1, 0.15) is 22.8 Å². The molecule has 5 rings (SSSR count). The number of hydrogen-bond acceptors (Lipinski definition) is 6. The van der Waals surface area contributed by atoms with Gasteiger partial charge in [0.25, 0.3) is 17.5 Å². The molecular weight excluding hydrogens is 588 g/mol. The smallest absolute Gasteiger partial charge is 0.272 e. The molecule has 1 atom stereocenters. The zero-order valence-electron chi connectivity index (χ0n) is 24.1. The average molecular weight is 617 g/mol. The second kappa shape index (κ2) is 14.2. The second-order valence-electron chi connectivity index (χ2n) is 10.0. The van der Waals surface area contributed by atoms with Crippen LogP contribution in [0.15, 0.2) is 132 Å². The number of anilines is 2. The number of nitrogens with one attached hydrogen (secondary N) is 3. The molecule has 0 aliphatic carbocycles. The topological polar surface area (TPSA) is 130 Å². The highest BCUT2D eigenvalue weighted by molar-refractivity contribution is 8.00. The van der Waals surface area contributed by atoms with E-state index in [0.717, 1.165) is 15.7 Å². The third-order valence-corrected chi connectivity index (χ3v) is 7.83. The lowest BCUT2D eigenvalue weighted by molar-refractivity contribution is -0.384. The first-order chi connectivity index (χ1) is 21.7. The maximum absolute atomic E-state index is 13.4. The zero-order valence-corrected chi connectivity index (χ0v) is 24.9. The zero-order chi connectivity index (χ0) is 31.8. The molecule has 0 heterocycles. The highest BCUT2D eigenvalue weighted by atomic mass is 32.2. The van der Waals surface area contributed by atoms with Gasteiger partial charge in [-0.15, -0.1) is 11.8 Å². The van der Waals surface area contributed by atoms with Gasteiger partial charge in [0.15, 0.2) is 0 Å². The van der Waals surface area contributed by atoms with Crippen LogP contribution in [0.25, 0.3) is 16.8 Å². The number of nitrogens with zero attached hydrogens (tertiary/aromatic N) is 1. The van der Waals surface area contributed by atoms with Crippen molar-refractivity contribution < 1.29 is 19.3 Å². The number of nitro groups is 1. The van der Waals surface area contributed by atoms with Crippen LogP contribution in [0.3, 0.4) is 0 Å². The highest BCUT2D eigenvalue weighted by Gasteiger charge is 2.18. The van der Waals surface area contributed by atoms with E-state index in [1.807, 2.05) is 48.5 Å². The first-order valence-corrected chi connectivity index (χ1v) is 14.8. The molecule has 0 spiro atoms. The molecule has 10 heteroatoms. The molecular formula is C35H28N4O5S. The van der Waals surface area contributed by atoms with Crippen molar-refractivity contribution in [1.29, 1.82) is 0 Å². The second-order valence-corrected chi connectivity index (χ2v) is 11.4. The summed E-state index contributed by atoms with van der Waals surface area (Å²) in [6.07, 6.45) is 1.44. The lowest BCUT2D eigenvalue weighted by Gasteiger charge is -2.14. The van der Waals surface area contributed by atoms with Gasteiger partial charge in [-0.2, -0.15) is 0 Å². The maximum Gasteiger partial charge on any atom is 0.272 e. The molecule has 3 amide bonds. The molecule has 3 N–H and O–H groups in total. The van der Waals surface area contributed by atoms with E-state index < -0.39 is 22.0 Å². The molecule has 0 aromatic heterocycles. The minimum absolute atomic E-state index is 0.0566. The maximum atomic E-state index is 13.4. The fourth-order valence-corrected chi connectivity index (χ4v) is 5.34. The Morgan fingerprint density at radius 2 is 1.44 bits per heavy atom. The van der Waals surface area contributed by atoms with Gasteiger partial charge in [-0.1, -0.05) is 54.6 Å². The fraction of sp³-hybridized carbons (Fsp3) is 0.0571. The van der Waals surface area contributed by atoms with Crippen LogP contribution >= 0.6 is 11.8 Å². The highest BCUT2D eigenvalue weighted by Crippen LogP contribution is 2.27. The molecule has 0 radical (unpaired) electrons. The van der Waals surface area contributed by atoms with Gasteiger partial charge in [-0.3, -0.25) is 24.5 Å². The van der Waals surface area contributed by atoms with Gasteiger partial charge >= 0.3 is 0 Å². The predicted molar refractivity (Wildman–Crippen MR) is 178 cm³/mol. The number of carbonyl (C=O) groups excluding carboxylic acids is 3. The van der Waals surface area contributed by atoms with Gasteiger partial charge in [0.2, 0.25) is 5.91 Å². The van der Waals surface area contributed by atoms with Crippen molar-refractivity contribution in [3.63, 3.8) is 0 Å². The Kier molecular flexibility index (Phi) is 9.66. The van der Waals surface area contributed by atoms with Crippen LogP contribution < -0.4 is 16.0 Å². The van der Waals surface area contributed by atoms with Gasteiger partial charge in [0.1, 0.15) is 5.70 Å². The quantitative estimate of drug-likeness (QED) is 0.0654. The number of thioether (sulfide) groups is 1. The van der Waals surface area contributed by atoms with Crippen LogP contribution in [0.4, 0.5) is 17.1 Å². The molecule has 0 aliphatic rings. The van der Waals surface area contributed by atoms with E-state index in [2.05, 4.69) is 16.0 Å². The molecule has 1 unspecified atom stereocenters. The summed E-state index contributed by atoms with van der Waals surface area (Å²) in [4.78, 5) is 50.6. The molecule has 0 bridgehead atoms. The summed E-state index contributed by atoms with van der Waals surface area (Å²) >= 11 is 1.34. The van der Waals surface area contributed by atoms with Crippen LogP contribution in [-0.2, 0) is 9.59 Å². The monoisotopic (exact) mass is 616 g/mol. The number of rotatable bonds is 10. The number of fused-ring (bicyclic) bond motifs is 1. The SMILES string of the molecule is CC(Sc1cccc(NC(=O)/C(=C\c2ccc([N+](=O)[O-])cc2)NC(=O)c2ccccc2)c1)C(=O)Nc1ccc2ccccc2c1. The minimum atomic E-state index is -0.595. The van der Waals surface area contributed by atoms with Gasteiger partial charge in [0, 0.05) is 34.0 Å². The molecule has 45 heavy (non-hydrogen) atoms. The number of nitro benzene ring substituents is 1. The summed E-state index contributed by atoms with van der Waals surface area (Å²) in [7, 11) is 0. The summed E-state index contributed by atoms with van der Waals surface area (Å²) in [6, 6.07) is 34.7. The standard InChI is InChI=1S/C35H28N4O5S/c1-23(33(40)36-29-17-16-25-8-5-6-11-27(25)21-29)45-31-13-7-12-28(22-31)37-35(42)32(38-34(41)26-9-3-2-4-10-26)20-24-14-18-30(19-15-24)39(43)44/h2-23H,1H3,(H,36,40)(H,37,42)(H,38,41)/b32-20+. The Hall–Kier alpha value is -5.74. The Morgan fingerprint density at radius 3 is 2.18 bits per heavy atom. The van der Waals surface area contributed by atoms with E-state index in [4.69, 9.17) is 0 Å². The van der Waals surface area contributed by atoms with E-state index in [9.17, 15) is 24.5 Å². The first kappa shape index (κ1) is 30.7. The summed E-state index contributed by atoms with van der Waals surface area (Å²) in [6.45, 7) is 1.80. The molecule has 9 nitrogen and oxygen atoms in total. The largest absolute Gasteiger partial charge is 0.325 e. The molecule has 5 aromatic carbocycles. The third kappa shape index (κ3) is 8.21. The molecule has 224 valence electrons. The lowest BCUT2D eigenvalue weighted by Crippen LogP contribution is -2.30. The minimum Gasteiger partial charge on any atom is -0.325 e. The summed E-state index contributed by atoms with van der Waals surface area (Å²) in [5.41, 5.74) is 1.84. The van der Waals surface area contributed by atoms with Crippen molar-refractivity contribution in [2.45, 2.75) is 17.1 Å². The average Bonchev–Trinajstić information content (AvgIpc) is 3.05. The van der Waals surface area contributed by atoms with E-state index >= 15 is 0 Å². The number of benzene rings is 5. The normalized spacial score (nSPS) is 11.8. The van der Waals surface area contributed by atoms with Gasteiger partial charge in [-0.25, -0.2) is 0 Å². The van der Waals surface area contributed by atoms with Crippen molar-refractivity contribution in [3.8, 4) is 0 Å². The van der Waals surface area contributed by atoms with E-state index in [1.54, 1.807) is 55.5 Å². The van der Waals surface area contributed by atoms with E-state index in [1.165, 1.54) is 42.1 Å². The van der Waals surface area contributed by atoms with Crippen molar-refractivity contribution >= 4 is 63.4 Å². The Labute approximate surface area is 263 Å². The third-order valence-electron chi connectivity index (χ3n) is 6.73. The summed E-state index contributed by atoms with van der Waals surface area (Å²) < 4.78 is 0. The molecule has 5 aromatic rings. The van der Waals surface area contributed by atoms with Gasteiger partial charge < -0.3 is 16.0 Å². The van der Waals surface area contributed by atoms with Crippen molar-refractivity contribution in [1.82, 2.24) is 5.32 Å². The number of carbonyl (C=O) groups is 3. The molecule has 0 fully saturated rings. The van der Waals surface area contributed by atoms with Crippen LogP contribution in [0.5, 0.6) is 0 Å². The van der Waals surface area contributed by atoms with E-state index in [0.29, 0.717) is 22.5 Å². The van der Waals surface area contributed by atoms with Crippen LogP contribution in [-0.4, -0.2) is 27.9 Å². The predicted octanol–water partition coefficient (Wildman–Crippen LogP) is 7.28. The molecule has 0 saturated heterocycles. The summed E-state index contributed by atoms with van der Waals surface area (Å²) in [5.74, 6) is -1.25. The Bertz CT molecular complexity index is 1910. The Balaban J connectivity index is 1.29. The van der Waals surface area contributed by atoms with Gasteiger partial charge in [0.05, 0.1) is 10.2 Å². The number of amides is 3. The lowest BCUT2D eigenvalue weighted by atomic mass is 10.1.